The van der Waals surface area contributed by atoms with Gasteiger partial charge in [-0.15, -0.1) is 0 Å². The summed E-state index contributed by atoms with van der Waals surface area (Å²) in [6.45, 7) is 12.0. The minimum Gasteiger partial charge on any atom is -0.300 e. The summed E-state index contributed by atoms with van der Waals surface area (Å²) in [5, 5.41) is 0. The van der Waals surface area contributed by atoms with Crippen molar-refractivity contribution in [3.8, 4) is 0 Å². The van der Waals surface area contributed by atoms with Crippen LogP contribution in [-0.2, 0) is 4.79 Å². The topological polar surface area (TPSA) is 20.3 Å². The molecule has 0 aromatic heterocycles. The molecule has 0 amide bonds. The maximum Gasteiger partial charge on any atom is 0.134 e. The van der Waals surface area contributed by atoms with E-state index in [2.05, 4.69) is 18.1 Å². The molecule has 0 bridgehead atoms. The molecule has 0 radical (unpaired) electrons. The van der Waals surface area contributed by atoms with E-state index in [0.29, 0.717) is 5.78 Å². The molecule has 0 unspecified atom stereocenters. The average Bonchev–Trinajstić information content (AvgIpc) is 2.29. The fourth-order valence-corrected chi connectivity index (χ4v) is 2.13. The number of Topliss-reactive ketones (excluding diaryl/α,β-unsaturated/α-hetero) is 1. The molecular formula is C14H21NO. The number of likely N-dealkylation sites (tertiary alicyclic amines) is 1. The van der Waals surface area contributed by atoms with Gasteiger partial charge in [0.25, 0.3) is 0 Å². The van der Waals surface area contributed by atoms with Crippen LogP contribution in [0.2, 0.25) is 0 Å². The number of nitrogens with zero attached hydrogens (tertiary/aromatic N) is 1. The minimum absolute atomic E-state index is 0.226. The van der Waals surface area contributed by atoms with Crippen molar-refractivity contribution in [3.63, 3.8) is 0 Å². The number of allylic oxidation sites excluding steroid dienone is 2. The second kappa shape index (κ2) is 6.44. The lowest BCUT2D eigenvalue weighted by Gasteiger charge is -2.31. The highest BCUT2D eigenvalue weighted by Gasteiger charge is 2.22. The molecule has 1 fully saturated rings. The third kappa shape index (κ3) is 3.78. The molecule has 1 aliphatic rings. The molecule has 1 atom stereocenters. The van der Waals surface area contributed by atoms with Crippen molar-refractivity contribution >= 4 is 5.78 Å². The molecule has 0 N–H and O–H groups in total. The first-order valence-corrected chi connectivity index (χ1v) is 5.84. The Morgan fingerprint density at radius 3 is 2.81 bits per heavy atom. The van der Waals surface area contributed by atoms with Gasteiger partial charge in [0.05, 0.1) is 0 Å². The Balaban J connectivity index is 2.54. The van der Waals surface area contributed by atoms with Crippen LogP contribution in [0, 0.1) is 5.92 Å². The summed E-state index contributed by atoms with van der Waals surface area (Å²) in [6.07, 6.45) is 7.77. The molecule has 0 saturated carbocycles. The predicted octanol–water partition coefficient (Wildman–Crippen LogP) is 2.59. The van der Waals surface area contributed by atoms with Crippen LogP contribution in [0.25, 0.3) is 0 Å². The smallest absolute Gasteiger partial charge is 0.134 e. The number of hydrogen-bond acceptors (Lipinski definition) is 2. The molecule has 2 nitrogen and oxygen atoms in total. The lowest BCUT2D eigenvalue weighted by molar-refractivity contribution is -0.122. The maximum absolute atomic E-state index is 11.3. The standard InChI is InChI=1S/C14H21NO/c1-4-7-13(5-2)10-15-9-6-8-14(11-15)12(3)16/h4-5,7,14H,1-2,6,8-11H2,3H3/b13-7+/t14-/m0/s1. The highest BCUT2D eigenvalue weighted by Crippen LogP contribution is 2.18. The lowest BCUT2D eigenvalue weighted by Crippen LogP contribution is -2.38. The van der Waals surface area contributed by atoms with Crippen molar-refractivity contribution in [1.29, 1.82) is 0 Å². The second-order valence-electron chi connectivity index (χ2n) is 4.37. The van der Waals surface area contributed by atoms with Gasteiger partial charge in [0.1, 0.15) is 5.78 Å². The first-order valence-electron chi connectivity index (χ1n) is 5.84. The molecule has 0 spiro atoms. The molecule has 1 heterocycles. The van der Waals surface area contributed by atoms with Crippen LogP contribution >= 0.6 is 0 Å². The van der Waals surface area contributed by atoms with Crippen LogP contribution in [0.3, 0.4) is 0 Å². The van der Waals surface area contributed by atoms with Crippen LogP contribution in [0.4, 0.5) is 0 Å². The van der Waals surface area contributed by atoms with Gasteiger partial charge in [0, 0.05) is 19.0 Å². The number of ketones is 1. The van der Waals surface area contributed by atoms with Gasteiger partial charge in [-0.1, -0.05) is 31.4 Å². The van der Waals surface area contributed by atoms with Gasteiger partial charge in [-0.3, -0.25) is 9.69 Å². The van der Waals surface area contributed by atoms with Gasteiger partial charge in [-0.25, -0.2) is 0 Å². The van der Waals surface area contributed by atoms with Crippen molar-refractivity contribution in [2.75, 3.05) is 19.6 Å². The van der Waals surface area contributed by atoms with Gasteiger partial charge in [-0.2, -0.15) is 0 Å². The third-order valence-electron chi connectivity index (χ3n) is 3.08. The van der Waals surface area contributed by atoms with Gasteiger partial charge < -0.3 is 0 Å². The molecule has 0 aromatic carbocycles. The molecule has 1 aliphatic heterocycles. The summed E-state index contributed by atoms with van der Waals surface area (Å²) in [5.41, 5.74) is 1.17. The molecule has 2 heteroatoms. The van der Waals surface area contributed by atoms with Crippen LogP contribution in [0.15, 0.2) is 37.0 Å². The maximum atomic E-state index is 11.3. The average molecular weight is 219 g/mol. The molecule has 0 aliphatic carbocycles. The van der Waals surface area contributed by atoms with Crippen LogP contribution in [0.1, 0.15) is 19.8 Å². The van der Waals surface area contributed by atoms with E-state index in [1.807, 2.05) is 12.2 Å². The van der Waals surface area contributed by atoms with Crippen molar-refractivity contribution in [1.82, 2.24) is 4.90 Å². The summed E-state index contributed by atoms with van der Waals surface area (Å²) >= 11 is 0. The number of rotatable bonds is 5. The predicted molar refractivity (Wildman–Crippen MR) is 68.3 cm³/mol. The van der Waals surface area contributed by atoms with Crippen LogP contribution in [0.5, 0.6) is 0 Å². The number of piperidine rings is 1. The third-order valence-corrected chi connectivity index (χ3v) is 3.08. The van der Waals surface area contributed by atoms with Crippen molar-refractivity contribution in [3.05, 3.63) is 37.0 Å². The first-order chi connectivity index (χ1) is 7.67. The Morgan fingerprint density at radius 1 is 1.50 bits per heavy atom. The minimum atomic E-state index is 0.226. The number of hydrogen-bond donors (Lipinski definition) is 0. The van der Waals surface area contributed by atoms with Crippen LogP contribution in [-0.4, -0.2) is 30.3 Å². The zero-order valence-electron chi connectivity index (χ0n) is 10.1. The van der Waals surface area contributed by atoms with Gasteiger partial charge >= 0.3 is 0 Å². The Hall–Kier alpha value is -1.15. The summed E-state index contributed by atoms with van der Waals surface area (Å²) in [6, 6.07) is 0. The molecule has 0 aromatic rings. The van der Waals surface area contributed by atoms with Crippen molar-refractivity contribution in [2.45, 2.75) is 19.8 Å². The van der Waals surface area contributed by atoms with E-state index in [1.165, 1.54) is 5.57 Å². The Morgan fingerprint density at radius 2 is 2.25 bits per heavy atom. The van der Waals surface area contributed by atoms with E-state index >= 15 is 0 Å². The van der Waals surface area contributed by atoms with Crippen molar-refractivity contribution in [2.24, 2.45) is 5.92 Å². The Labute approximate surface area is 98.3 Å². The lowest BCUT2D eigenvalue weighted by atomic mass is 9.94. The molecule has 16 heavy (non-hydrogen) atoms. The van der Waals surface area contributed by atoms with E-state index < -0.39 is 0 Å². The zero-order chi connectivity index (χ0) is 12.0. The zero-order valence-corrected chi connectivity index (χ0v) is 10.1. The molecular weight excluding hydrogens is 198 g/mol. The monoisotopic (exact) mass is 219 g/mol. The normalized spacial score (nSPS) is 22.8. The van der Waals surface area contributed by atoms with E-state index in [4.69, 9.17) is 0 Å². The SMILES string of the molecule is C=C/C=C(\C=C)CN1CCC[C@H](C(C)=O)C1. The van der Waals surface area contributed by atoms with Gasteiger partial charge in [0.2, 0.25) is 0 Å². The fraction of sp³-hybridized carbons (Fsp3) is 0.500. The van der Waals surface area contributed by atoms with Crippen LogP contribution < -0.4 is 0 Å². The van der Waals surface area contributed by atoms with E-state index in [9.17, 15) is 4.79 Å². The van der Waals surface area contributed by atoms with E-state index in [1.54, 1.807) is 13.0 Å². The van der Waals surface area contributed by atoms with Gasteiger partial charge in [0.15, 0.2) is 0 Å². The van der Waals surface area contributed by atoms with E-state index in [0.717, 1.165) is 32.5 Å². The second-order valence-corrected chi connectivity index (χ2v) is 4.37. The summed E-state index contributed by atoms with van der Waals surface area (Å²) in [7, 11) is 0. The molecule has 1 saturated heterocycles. The molecule has 88 valence electrons. The summed E-state index contributed by atoms with van der Waals surface area (Å²) in [5.74, 6) is 0.543. The van der Waals surface area contributed by atoms with Gasteiger partial charge in [-0.05, 0) is 31.9 Å². The summed E-state index contributed by atoms with van der Waals surface area (Å²) in [4.78, 5) is 13.7. The highest BCUT2D eigenvalue weighted by atomic mass is 16.1. The Kier molecular flexibility index (Phi) is 5.20. The highest BCUT2D eigenvalue weighted by molar-refractivity contribution is 5.78. The Bertz CT molecular complexity index is 304. The first kappa shape index (κ1) is 12.9. The number of carbonyl (C=O) groups is 1. The molecule has 1 rings (SSSR count). The van der Waals surface area contributed by atoms with E-state index in [-0.39, 0.29) is 5.92 Å². The fourth-order valence-electron chi connectivity index (χ4n) is 2.13. The summed E-state index contributed by atoms with van der Waals surface area (Å²) < 4.78 is 0. The quantitative estimate of drug-likeness (QED) is 0.662. The van der Waals surface area contributed by atoms with Crippen molar-refractivity contribution < 1.29 is 4.79 Å². The number of carbonyl (C=O) groups excluding carboxylic acids is 1. The largest absolute Gasteiger partial charge is 0.300 e.